The molecule has 1 saturated heterocycles. The Balaban J connectivity index is 1.83. The number of carbonyl (C=O) groups is 3. The number of ketones is 1. The smallest absolute Gasteiger partial charge is 0.350 e. The number of amides is 1. The number of aliphatic hydroxyl groups excluding tert-OH is 1. The molecule has 1 unspecified atom stereocenters. The number of Topliss-reactive ketones (excluding diaryl/α,β-unsaturated/α-hetero) is 1. The van der Waals surface area contributed by atoms with Crippen molar-refractivity contribution in [3.8, 4) is 5.75 Å². The molecule has 2 aromatic carbocycles. The van der Waals surface area contributed by atoms with Crippen LogP contribution in [0.1, 0.15) is 59.2 Å². The second-order valence-electron chi connectivity index (χ2n) is 8.70. The van der Waals surface area contributed by atoms with Gasteiger partial charge >= 0.3 is 11.9 Å². The van der Waals surface area contributed by atoms with Crippen LogP contribution in [0.3, 0.4) is 0 Å². The Morgan fingerprint density at radius 1 is 1.10 bits per heavy atom. The van der Waals surface area contributed by atoms with Crippen LogP contribution in [0.15, 0.2) is 48.0 Å². The number of ether oxygens (including phenoxy) is 2. The minimum absolute atomic E-state index is 0.104. The summed E-state index contributed by atoms with van der Waals surface area (Å²) in [5.41, 5.74) is 0.948. The van der Waals surface area contributed by atoms with Crippen LogP contribution in [-0.2, 0) is 14.3 Å². The highest BCUT2D eigenvalue weighted by Crippen LogP contribution is 2.45. The second kappa shape index (κ2) is 12.2. The molecule has 3 aromatic rings. The van der Waals surface area contributed by atoms with Crippen LogP contribution in [-0.4, -0.2) is 41.0 Å². The summed E-state index contributed by atoms with van der Waals surface area (Å²) >= 11 is 13.3. The van der Waals surface area contributed by atoms with Crippen molar-refractivity contribution < 1.29 is 29.0 Å². The van der Waals surface area contributed by atoms with Crippen LogP contribution in [0.4, 0.5) is 5.13 Å². The maximum Gasteiger partial charge on any atom is 0.350 e. The molecule has 11 heteroatoms. The Morgan fingerprint density at radius 3 is 2.46 bits per heavy atom. The van der Waals surface area contributed by atoms with Gasteiger partial charge in [-0.25, -0.2) is 9.78 Å². The van der Waals surface area contributed by atoms with Crippen molar-refractivity contribution >= 4 is 63.1 Å². The number of anilines is 1. The average molecular weight is 589 g/mol. The Bertz CT molecular complexity index is 1450. The van der Waals surface area contributed by atoms with E-state index in [9.17, 15) is 19.5 Å². The lowest BCUT2D eigenvalue weighted by molar-refractivity contribution is -0.132. The summed E-state index contributed by atoms with van der Waals surface area (Å²) in [6, 6.07) is 10.2. The van der Waals surface area contributed by atoms with Crippen molar-refractivity contribution in [2.75, 3.05) is 18.1 Å². The van der Waals surface area contributed by atoms with Gasteiger partial charge < -0.3 is 14.6 Å². The fraction of sp³-hybridized carbons (Fsp3) is 0.286. The highest BCUT2D eigenvalue weighted by atomic mass is 35.5. The molecule has 39 heavy (non-hydrogen) atoms. The van der Waals surface area contributed by atoms with Gasteiger partial charge in [-0.2, -0.15) is 0 Å². The highest BCUT2D eigenvalue weighted by Gasteiger charge is 2.48. The van der Waals surface area contributed by atoms with Gasteiger partial charge in [0.2, 0.25) is 0 Å². The Hall–Kier alpha value is -3.40. The number of aromatic nitrogens is 1. The van der Waals surface area contributed by atoms with Gasteiger partial charge in [0.25, 0.3) is 5.78 Å². The van der Waals surface area contributed by atoms with Crippen LogP contribution in [0.2, 0.25) is 10.0 Å². The molecular weight excluding hydrogens is 563 g/mol. The number of carbonyl (C=O) groups excluding carboxylic acids is 3. The van der Waals surface area contributed by atoms with E-state index in [2.05, 4.69) is 11.9 Å². The third-order valence-corrected chi connectivity index (χ3v) is 7.93. The van der Waals surface area contributed by atoms with Gasteiger partial charge in [-0.15, -0.1) is 0 Å². The van der Waals surface area contributed by atoms with Crippen molar-refractivity contribution in [1.29, 1.82) is 0 Å². The van der Waals surface area contributed by atoms with Crippen molar-refractivity contribution in [3.63, 3.8) is 0 Å². The van der Waals surface area contributed by atoms with Crippen LogP contribution >= 0.6 is 34.5 Å². The first-order valence-electron chi connectivity index (χ1n) is 12.3. The zero-order valence-electron chi connectivity index (χ0n) is 21.5. The van der Waals surface area contributed by atoms with E-state index >= 15 is 0 Å². The van der Waals surface area contributed by atoms with Crippen LogP contribution < -0.4 is 9.64 Å². The summed E-state index contributed by atoms with van der Waals surface area (Å²) in [4.78, 5) is 45.0. The number of hydrogen-bond acceptors (Lipinski definition) is 8. The molecule has 0 aliphatic carbocycles. The number of unbranched alkanes of at least 4 members (excludes halogenated alkanes) is 1. The molecule has 1 aliphatic rings. The van der Waals surface area contributed by atoms with Gasteiger partial charge in [0.15, 0.2) is 5.13 Å². The summed E-state index contributed by atoms with van der Waals surface area (Å²) in [5, 5.41) is 11.9. The topological polar surface area (TPSA) is 106 Å². The lowest BCUT2D eigenvalue weighted by Crippen LogP contribution is -2.29. The third-order valence-electron chi connectivity index (χ3n) is 6.05. The maximum absolute atomic E-state index is 13.4. The molecule has 4 rings (SSSR count). The number of benzene rings is 2. The minimum atomic E-state index is -1.08. The van der Waals surface area contributed by atoms with Gasteiger partial charge in [-0.05, 0) is 62.2 Å². The van der Waals surface area contributed by atoms with E-state index in [1.54, 1.807) is 50.2 Å². The van der Waals surface area contributed by atoms with Crippen molar-refractivity contribution in [2.24, 2.45) is 0 Å². The number of nitrogens with zero attached hydrogens (tertiary/aromatic N) is 2. The lowest BCUT2D eigenvalue weighted by Gasteiger charge is -2.23. The molecule has 1 fully saturated rings. The Morgan fingerprint density at radius 2 is 1.82 bits per heavy atom. The van der Waals surface area contributed by atoms with E-state index in [1.807, 2.05) is 0 Å². The van der Waals surface area contributed by atoms with Gasteiger partial charge in [-0.1, -0.05) is 53.9 Å². The van der Waals surface area contributed by atoms with Gasteiger partial charge in [0, 0.05) is 5.56 Å². The molecular formula is C28H26Cl2N2O6S. The molecule has 1 N–H and O–H groups in total. The largest absolute Gasteiger partial charge is 0.507 e. The molecule has 1 aliphatic heterocycles. The molecule has 204 valence electrons. The highest BCUT2D eigenvalue weighted by molar-refractivity contribution is 7.17. The molecule has 0 radical (unpaired) electrons. The van der Waals surface area contributed by atoms with E-state index < -0.39 is 23.7 Å². The first-order chi connectivity index (χ1) is 18.7. The first-order valence-corrected chi connectivity index (χ1v) is 13.9. The number of rotatable bonds is 9. The van der Waals surface area contributed by atoms with Crippen molar-refractivity contribution in [2.45, 2.75) is 39.7 Å². The number of thiazole rings is 1. The number of halogens is 2. The molecule has 1 aromatic heterocycles. The monoisotopic (exact) mass is 588 g/mol. The first kappa shape index (κ1) is 28.6. The number of aliphatic hydroxyl groups is 1. The molecule has 0 bridgehead atoms. The van der Waals surface area contributed by atoms with Gasteiger partial charge in [0.1, 0.15) is 16.4 Å². The Kier molecular flexibility index (Phi) is 8.94. The van der Waals surface area contributed by atoms with Crippen LogP contribution in [0.25, 0.3) is 5.76 Å². The third kappa shape index (κ3) is 5.80. The normalized spacial score (nSPS) is 16.5. The average Bonchev–Trinajstić information content (AvgIpc) is 3.42. The summed E-state index contributed by atoms with van der Waals surface area (Å²) in [7, 11) is 0. The quantitative estimate of drug-likeness (QED) is 0.0969. The predicted molar refractivity (Wildman–Crippen MR) is 151 cm³/mol. The predicted octanol–water partition coefficient (Wildman–Crippen LogP) is 6.74. The fourth-order valence-electron chi connectivity index (χ4n) is 4.10. The van der Waals surface area contributed by atoms with Crippen molar-refractivity contribution in [1.82, 2.24) is 4.98 Å². The minimum Gasteiger partial charge on any atom is -0.507 e. The zero-order chi connectivity index (χ0) is 28.3. The molecule has 0 saturated carbocycles. The molecule has 0 spiro atoms. The van der Waals surface area contributed by atoms with Crippen LogP contribution in [0, 0.1) is 6.92 Å². The van der Waals surface area contributed by atoms with Gasteiger partial charge in [0.05, 0.1) is 40.6 Å². The van der Waals surface area contributed by atoms with E-state index in [1.165, 1.54) is 6.07 Å². The summed E-state index contributed by atoms with van der Waals surface area (Å²) < 4.78 is 10.8. The fourth-order valence-corrected chi connectivity index (χ4v) is 5.39. The van der Waals surface area contributed by atoms with E-state index in [0.717, 1.165) is 29.1 Å². The van der Waals surface area contributed by atoms with Crippen molar-refractivity contribution in [3.05, 3.63) is 79.8 Å². The number of aryl methyl sites for hydroxylation is 1. The van der Waals surface area contributed by atoms with E-state index in [-0.39, 0.29) is 38.0 Å². The SMILES string of the molecule is CCCCOc1ccc(/C(O)=C2\C(=O)C(=O)N(c3nc(C)c(C(=O)OCC)s3)C2c2ccc(Cl)c(Cl)c2)cc1. The number of esters is 1. The zero-order valence-corrected chi connectivity index (χ0v) is 23.8. The maximum atomic E-state index is 13.4. The molecule has 1 atom stereocenters. The van der Waals surface area contributed by atoms with Gasteiger partial charge in [-0.3, -0.25) is 14.5 Å². The molecule has 8 nitrogen and oxygen atoms in total. The summed E-state index contributed by atoms with van der Waals surface area (Å²) in [6.45, 7) is 6.09. The Labute approximate surface area is 239 Å². The second-order valence-corrected chi connectivity index (χ2v) is 10.5. The lowest BCUT2D eigenvalue weighted by atomic mass is 9.95. The number of hydrogen-bond donors (Lipinski definition) is 1. The molecule has 2 heterocycles. The standard InChI is InChI=1S/C28H26Cl2N2O6S/c1-4-6-13-38-18-10-7-16(8-11-18)23(33)21-22(17-9-12-19(29)20(30)14-17)32(26(35)24(21)34)28-31-15(3)25(39-28)27(36)37-5-2/h7-12,14,22,33H,4-6,13H2,1-3H3/b23-21+. The molecule has 1 amide bonds. The van der Waals surface area contributed by atoms with E-state index in [4.69, 9.17) is 32.7 Å². The summed E-state index contributed by atoms with van der Waals surface area (Å²) in [5.74, 6) is -2.14. The summed E-state index contributed by atoms with van der Waals surface area (Å²) in [6.07, 6.45) is 1.90. The van der Waals surface area contributed by atoms with E-state index in [0.29, 0.717) is 29.2 Å². The van der Waals surface area contributed by atoms with Crippen LogP contribution in [0.5, 0.6) is 5.75 Å².